The van der Waals surface area contributed by atoms with Crippen LogP contribution in [0.3, 0.4) is 0 Å². The van der Waals surface area contributed by atoms with E-state index in [1.807, 2.05) is 91.0 Å². The third kappa shape index (κ3) is 5.55. The first-order valence-electron chi connectivity index (χ1n) is 13.4. The number of para-hydroxylation sites is 2. The monoisotopic (exact) mass is 559 g/mol. The fraction of sp³-hybridized carbons (Fsp3) is 0.121. The van der Waals surface area contributed by atoms with Gasteiger partial charge < -0.3 is 24.8 Å². The van der Waals surface area contributed by atoms with Crippen molar-refractivity contribution in [2.24, 2.45) is 0 Å². The fourth-order valence-electron chi connectivity index (χ4n) is 5.22. The van der Waals surface area contributed by atoms with E-state index in [0.717, 1.165) is 28.5 Å². The van der Waals surface area contributed by atoms with E-state index in [4.69, 9.17) is 17.0 Å². The zero-order valence-corrected chi connectivity index (χ0v) is 23.3. The van der Waals surface area contributed by atoms with Crippen molar-refractivity contribution in [3.8, 4) is 11.4 Å². The lowest BCUT2D eigenvalue weighted by atomic mass is 10.0. The Kier molecular flexibility index (Phi) is 7.47. The lowest BCUT2D eigenvalue weighted by Gasteiger charge is -2.29. The molecular formula is C33H29N5O2S. The minimum atomic E-state index is -0.232. The molecule has 5 aromatic rings. The number of anilines is 2. The van der Waals surface area contributed by atoms with Crippen molar-refractivity contribution in [1.82, 2.24) is 14.9 Å². The zero-order chi connectivity index (χ0) is 28.2. The normalized spacial score (nSPS) is 16.3. The van der Waals surface area contributed by atoms with Crippen LogP contribution in [-0.2, 0) is 4.79 Å². The van der Waals surface area contributed by atoms with E-state index in [-0.39, 0.29) is 24.6 Å². The Balaban J connectivity index is 1.30. The van der Waals surface area contributed by atoms with Crippen LogP contribution in [0.4, 0.5) is 11.4 Å². The number of carbonyl (C=O) groups excluding carboxylic acids is 1. The molecule has 0 aliphatic carbocycles. The number of aromatic nitrogens is 2. The van der Waals surface area contributed by atoms with E-state index in [1.54, 1.807) is 6.20 Å². The van der Waals surface area contributed by atoms with Gasteiger partial charge >= 0.3 is 0 Å². The molecule has 1 fully saturated rings. The van der Waals surface area contributed by atoms with Crippen molar-refractivity contribution in [3.63, 3.8) is 0 Å². The minimum Gasteiger partial charge on any atom is -0.484 e. The average Bonchev–Trinajstić information content (AvgIpc) is 3.57. The molecule has 41 heavy (non-hydrogen) atoms. The van der Waals surface area contributed by atoms with Crippen LogP contribution in [0.25, 0.3) is 5.69 Å². The molecule has 1 aliphatic rings. The summed E-state index contributed by atoms with van der Waals surface area (Å²) in [7, 11) is 0. The van der Waals surface area contributed by atoms with Gasteiger partial charge in [-0.15, -0.1) is 0 Å². The molecule has 204 valence electrons. The second-order valence-corrected chi connectivity index (χ2v) is 10.2. The number of benzene rings is 3. The lowest BCUT2D eigenvalue weighted by molar-refractivity contribution is -0.118. The molecule has 0 spiro atoms. The second-order valence-electron chi connectivity index (χ2n) is 9.76. The molecule has 0 bridgehead atoms. The van der Waals surface area contributed by atoms with Gasteiger partial charge in [0.25, 0.3) is 5.91 Å². The van der Waals surface area contributed by atoms with Crippen LogP contribution in [0.2, 0.25) is 0 Å². The van der Waals surface area contributed by atoms with E-state index >= 15 is 0 Å². The van der Waals surface area contributed by atoms with Crippen molar-refractivity contribution in [1.29, 1.82) is 0 Å². The van der Waals surface area contributed by atoms with Crippen LogP contribution in [0.1, 0.15) is 29.2 Å². The molecule has 3 heterocycles. The van der Waals surface area contributed by atoms with E-state index in [0.29, 0.717) is 16.5 Å². The van der Waals surface area contributed by atoms with Crippen molar-refractivity contribution < 1.29 is 9.53 Å². The fourth-order valence-corrected chi connectivity index (χ4v) is 5.57. The molecule has 6 rings (SSSR count). The molecule has 2 aromatic heterocycles. The van der Waals surface area contributed by atoms with Gasteiger partial charge in [-0.1, -0.05) is 42.5 Å². The molecule has 2 N–H and O–H groups in total. The molecule has 0 radical (unpaired) electrons. The molecule has 8 heteroatoms. The molecule has 1 aliphatic heterocycles. The number of ether oxygens (including phenoxy) is 1. The van der Waals surface area contributed by atoms with Gasteiger partial charge in [0.05, 0.1) is 11.7 Å². The summed E-state index contributed by atoms with van der Waals surface area (Å²) < 4.78 is 7.84. The molecule has 7 nitrogen and oxygen atoms in total. The molecule has 3 aromatic carbocycles. The summed E-state index contributed by atoms with van der Waals surface area (Å²) in [4.78, 5) is 19.3. The highest BCUT2D eigenvalue weighted by Gasteiger charge is 2.42. The number of rotatable bonds is 8. The maximum atomic E-state index is 12.5. The summed E-state index contributed by atoms with van der Waals surface area (Å²) in [6.07, 6.45) is 1.81. The van der Waals surface area contributed by atoms with Crippen molar-refractivity contribution >= 4 is 34.6 Å². The summed E-state index contributed by atoms with van der Waals surface area (Å²) >= 11 is 5.92. The van der Waals surface area contributed by atoms with Gasteiger partial charge in [0, 0.05) is 34.6 Å². The summed E-state index contributed by atoms with van der Waals surface area (Å²) in [5.41, 5.74) is 5.78. The van der Waals surface area contributed by atoms with Gasteiger partial charge in [0.1, 0.15) is 11.8 Å². The number of hydrogen-bond donors (Lipinski definition) is 2. The predicted molar refractivity (Wildman–Crippen MR) is 165 cm³/mol. The molecule has 2 unspecified atom stereocenters. The second kappa shape index (κ2) is 11.7. The van der Waals surface area contributed by atoms with Gasteiger partial charge in [-0.25, -0.2) is 0 Å². The van der Waals surface area contributed by atoms with Crippen LogP contribution >= 0.6 is 12.2 Å². The number of carbonyl (C=O) groups is 1. The third-order valence-electron chi connectivity index (χ3n) is 7.06. The minimum absolute atomic E-state index is 0.0739. The highest BCUT2D eigenvalue weighted by atomic mass is 32.1. The summed E-state index contributed by atoms with van der Waals surface area (Å²) in [6, 6.07) is 37.2. The molecule has 2 atom stereocenters. The highest BCUT2D eigenvalue weighted by molar-refractivity contribution is 7.80. The van der Waals surface area contributed by atoms with Crippen LogP contribution in [-0.4, -0.2) is 27.2 Å². The summed E-state index contributed by atoms with van der Waals surface area (Å²) in [5.74, 6) is 0.418. The first kappa shape index (κ1) is 26.3. The molecule has 0 saturated carbocycles. The van der Waals surface area contributed by atoms with Gasteiger partial charge in [0.15, 0.2) is 11.7 Å². The molecular weight excluding hydrogens is 530 g/mol. The topological polar surface area (TPSA) is 71.4 Å². The highest BCUT2D eigenvalue weighted by Crippen LogP contribution is 2.43. The Bertz CT molecular complexity index is 1640. The first-order valence-corrected chi connectivity index (χ1v) is 13.8. The van der Waals surface area contributed by atoms with Crippen LogP contribution < -0.4 is 20.3 Å². The van der Waals surface area contributed by atoms with Crippen LogP contribution in [0.15, 0.2) is 121 Å². The average molecular weight is 560 g/mol. The number of pyridine rings is 1. The first-order chi connectivity index (χ1) is 20.1. The van der Waals surface area contributed by atoms with E-state index in [1.165, 1.54) is 0 Å². The quantitative estimate of drug-likeness (QED) is 0.215. The Morgan fingerprint density at radius 1 is 0.878 bits per heavy atom. The van der Waals surface area contributed by atoms with E-state index < -0.39 is 0 Å². The van der Waals surface area contributed by atoms with Crippen molar-refractivity contribution in [3.05, 3.63) is 139 Å². The third-order valence-corrected chi connectivity index (χ3v) is 7.38. The molecule has 1 saturated heterocycles. The van der Waals surface area contributed by atoms with E-state index in [9.17, 15) is 4.79 Å². The number of aryl methyl sites for hydroxylation is 1. The smallest absolute Gasteiger partial charge is 0.262 e. The Labute approximate surface area is 244 Å². The Morgan fingerprint density at radius 3 is 2.29 bits per heavy atom. The zero-order valence-electron chi connectivity index (χ0n) is 22.5. The van der Waals surface area contributed by atoms with Crippen LogP contribution in [0.5, 0.6) is 5.75 Å². The van der Waals surface area contributed by atoms with Crippen molar-refractivity contribution in [2.45, 2.75) is 19.0 Å². The summed E-state index contributed by atoms with van der Waals surface area (Å²) in [6.45, 7) is 2.03. The van der Waals surface area contributed by atoms with Crippen molar-refractivity contribution in [2.75, 3.05) is 16.8 Å². The maximum Gasteiger partial charge on any atom is 0.262 e. The number of hydrogen-bond acceptors (Lipinski definition) is 4. The van der Waals surface area contributed by atoms with Gasteiger partial charge in [-0.2, -0.15) is 0 Å². The lowest BCUT2D eigenvalue weighted by Crippen LogP contribution is -2.30. The van der Waals surface area contributed by atoms with E-state index in [2.05, 4.69) is 56.3 Å². The van der Waals surface area contributed by atoms with Gasteiger partial charge in [-0.05, 0) is 91.9 Å². The summed E-state index contributed by atoms with van der Waals surface area (Å²) in [5, 5.41) is 7.05. The molecule has 1 amide bonds. The Morgan fingerprint density at radius 2 is 1.59 bits per heavy atom. The largest absolute Gasteiger partial charge is 0.484 e. The number of thiocarbonyl (C=S) groups is 1. The number of nitrogens with zero attached hydrogens (tertiary/aromatic N) is 3. The standard InChI is InChI=1S/C33H29N5O2S/c1-23-15-20-29(37(23)25-10-4-2-5-11-25)32-31(28-14-8-9-21-34-28)36-33(41)38(32)26-18-16-24(17-19-26)35-30(39)22-40-27-12-6-3-7-13-27/h2-21,31-32H,22H2,1H3,(H,35,39)(H,36,41). The number of nitrogens with one attached hydrogen (secondary N) is 2. The predicted octanol–water partition coefficient (Wildman–Crippen LogP) is 6.38. The Hall–Kier alpha value is -4.95. The van der Waals surface area contributed by atoms with Gasteiger partial charge in [0.2, 0.25) is 0 Å². The number of amides is 1. The SMILES string of the molecule is Cc1ccc(C2C(c3ccccn3)NC(=S)N2c2ccc(NC(=O)COc3ccccc3)cc2)n1-c1ccccc1. The van der Waals surface area contributed by atoms with Crippen LogP contribution in [0, 0.1) is 6.92 Å². The maximum absolute atomic E-state index is 12.5. The van der Waals surface area contributed by atoms with Gasteiger partial charge in [-0.3, -0.25) is 9.78 Å².